The number of ether oxygens (including phenoxy) is 1. The zero-order valence-electron chi connectivity index (χ0n) is 9.93. The SMILES string of the molecule is CC1(OCC(=O)Nc2cc(Br)ccc2Br)CNC1. The summed E-state index contributed by atoms with van der Waals surface area (Å²) in [6.45, 7) is 3.64. The largest absolute Gasteiger partial charge is 0.363 e. The first-order valence-electron chi connectivity index (χ1n) is 5.58. The van der Waals surface area contributed by atoms with Gasteiger partial charge in [0, 0.05) is 22.0 Å². The number of rotatable bonds is 4. The highest BCUT2D eigenvalue weighted by Crippen LogP contribution is 2.26. The molecule has 0 radical (unpaired) electrons. The van der Waals surface area contributed by atoms with Crippen LogP contribution in [0.1, 0.15) is 6.92 Å². The molecule has 0 atom stereocenters. The van der Waals surface area contributed by atoms with Gasteiger partial charge in [0.15, 0.2) is 0 Å². The monoisotopic (exact) mass is 376 g/mol. The maximum Gasteiger partial charge on any atom is 0.250 e. The lowest BCUT2D eigenvalue weighted by Gasteiger charge is -2.38. The van der Waals surface area contributed by atoms with Crippen LogP contribution in [0.2, 0.25) is 0 Å². The molecule has 1 heterocycles. The summed E-state index contributed by atoms with van der Waals surface area (Å²) in [7, 11) is 0. The molecule has 98 valence electrons. The Morgan fingerprint density at radius 3 is 2.83 bits per heavy atom. The second-order valence-corrected chi connectivity index (χ2v) is 6.28. The third-order valence-corrected chi connectivity index (χ3v) is 3.94. The van der Waals surface area contributed by atoms with E-state index in [2.05, 4.69) is 42.5 Å². The van der Waals surface area contributed by atoms with Crippen LogP contribution < -0.4 is 10.6 Å². The second kappa shape index (κ2) is 5.69. The van der Waals surface area contributed by atoms with E-state index < -0.39 is 0 Å². The third-order valence-electron chi connectivity index (χ3n) is 2.75. The summed E-state index contributed by atoms with van der Waals surface area (Å²) in [5, 5.41) is 5.93. The minimum Gasteiger partial charge on any atom is -0.363 e. The zero-order chi connectivity index (χ0) is 13.2. The normalized spacial score (nSPS) is 17.1. The Balaban J connectivity index is 1.88. The number of halogens is 2. The first-order chi connectivity index (χ1) is 8.48. The number of carbonyl (C=O) groups excluding carboxylic acids is 1. The van der Waals surface area contributed by atoms with Crippen LogP contribution in [0.25, 0.3) is 0 Å². The predicted octanol–water partition coefficient (Wildman–Crippen LogP) is 2.53. The van der Waals surface area contributed by atoms with Gasteiger partial charge in [0.2, 0.25) is 5.91 Å². The number of carbonyl (C=O) groups is 1. The van der Waals surface area contributed by atoms with Crippen molar-refractivity contribution in [1.82, 2.24) is 5.32 Å². The van der Waals surface area contributed by atoms with Crippen molar-refractivity contribution in [3.63, 3.8) is 0 Å². The number of nitrogens with one attached hydrogen (secondary N) is 2. The molecule has 18 heavy (non-hydrogen) atoms. The van der Waals surface area contributed by atoms with Crippen molar-refractivity contribution in [2.24, 2.45) is 0 Å². The highest BCUT2D eigenvalue weighted by Gasteiger charge is 2.33. The Bertz CT molecular complexity index is 461. The number of benzene rings is 1. The Hall–Kier alpha value is -0.430. The summed E-state index contributed by atoms with van der Waals surface area (Å²) >= 11 is 6.75. The van der Waals surface area contributed by atoms with E-state index in [1.165, 1.54) is 0 Å². The van der Waals surface area contributed by atoms with Crippen molar-refractivity contribution >= 4 is 43.5 Å². The average molecular weight is 378 g/mol. The van der Waals surface area contributed by atoms with Gasteiger partial charge >= 0.3 is 0 Å². The highest BCUT2D eigenvalue weighted by atomic mass is 79.9. The lowest BCUT2D eigenvalue weighted by Crippen LogP contribution is -2.59. The first kappa shape index (κ1) is 14.0. The van der Waals surface area contributed by atoms with E-state index in [4.69, 9.17) is 4.74 Å². The Labute approximate surface area is 123 Å². The minimum absolute atomic E-state index is 0.0666. The predicted molar refractivity (Wildman–Crippen MR) is 77.7 cm³/mol. The molecule has 0 aromatic heterocycles. The molecule has 0 spiro atoms. The smallest absolute Gasteiger partial charge is 0.250 e. The highest BCUT2D eigenvalue weighted by molar-refractivity contribution is 9.11. The fourth-order valence-corrected chi connectivity index (χ4v) is 2.31. The number of hydrogen-bond acceptors (Lipinski definition) is 3. The molecule has 1 saturated heterocycles. The lowest BCUT2D eigenvalue weighted by molar-refractivity contribution is -0.130. The average Bonchev–Trinajstić information content (AvgIpc) is 2.29. The van der Waals surface area contributed by atoms with Crippen molar-refractivity contribution in [1.29, 1.82) is 0 Å². The van der Waals surface area contributed by atoms with E-state index in [9.17, 15) is 4.79 Å². The van der Waals surface area contributed by atoms with Gasteiger partial charge in [-0.15, -0.1) is 0 Å². The molecule has 4 nitrogen and oxygen atoms in total. The van der Waals surface area contributed by atoms with Crippen LogP contribution in [0.5, 0.6) is 0 Å². The summed E-state index contributed by atoms with van der Waals surface area (Å²) < 4.78 is 7.33. The summed E-state index contributed by atoms with van der Waals surface area (Å²) in [4.78, 5) is 11.8. The van der Waals surface area contributed by atoms with Gasteiger partial charge in [-0.2, -0.15) is 0 Å². The van der Waals surface area contributed by atoms with Gasteiger partial charge in [0.1, 0.15) is 6.61 Å². The second-order valence-electron chi connectivity index (χ2n) is 4.51. The van der Waals surface area contributed by atoms with E-state index >= 15 is 0 Å². The van der Waals surface area contributed by atoms with E-state index in [-0.39, 0.29) is 18.1 Å². The van der Waals surface area contributed by atoms with Gasteiger partial charge in [-0.1, -0.05) is 15.9 Å². The Morgan fingerprint density at radius 2 is 2.22 bits per heavy atom. The van der Waals surface area contributed by atoms with E-state index in [0.717, 1.165) is 27.7 Å². The standard InChI is InChI=1S/C12H14Br2N2O2/c1-12(6-15-7-12)18-5-11(17)16-10-4-8(13)2-3-9(10)14/h2-4,15H,5-7H2,1H3,(H,16,17). The molecular weight excluding hydrogens is 364 g/mol. The van der Waals surface area contributed by atoms with Gasteiger partial charge in [-0.25, -0.2) is 0 Å². The number of anilines is 1. The fraction of sp³-hybridized carbons (Fsp3) is 0.417. The number of hydrogen-bond donors (Lipinski definition) is 2. The van der Waals surface area contributed by atoms with Gasteiger partial charge in [-0.3, -0.25) is 4.79 Å². The minimum atomic E-state index is -0.203. The van der Waals surface area contributed by atoms with Crippen molar-refractivity contribution in [3.8, 4) is 0 Å². The molecule has 0 saturated carbocycles. The first-order valence-corrected chi connectivity index (χ1v) is 7.17. The molecule has 1 fully saturated rings. The summed E-state index contributed by atoms with van der Waals surface area (Å²) in [5.74, 6) is -0.151. The van der Waals surface area contributed by atoms with E-state index in [0.29, 0.717) is 0 Å². The summed E-state index contributed by atoms with van der Waals surface area (Å²) in [5.41, 5.74) is 0.529. The van der Waals surface area contributed by atoms with Crippen molar-refractivity contribution < 1.29 is 9.53 Å². The summed E-state index contributed by atoms with van der Waals surface area (Å²) in [6, 6.07) is 5.61. The van der Waals surface area contributed by atoms with Gasteiger partial charge in [0.05, 0.1) is 11.3 Å². The molecule has 1 aromatic carbocycles. The van der Waals surface area contributed by atoms with Gasteiger partial charge < -0.3 is 15.4 Å². The van der Waals surface area contributed by atoms with Crippen molar-refractivity contribution in [3.05, 3.63) is 27.1 Å². The quantitative estimate of drug-likeness (QED) is 0.847. The molecule has 0 aliphatic carbocycles. The van der Waals surface area contributed by atoms with Crippen molar-refractivity contribution in [2.75, 3.05) is 25.0 Å². The van der Waals surface area contributed by atoms with Crippen LogP contribution in [0.4, 0.5) is 5.69 Å². The molecule has 1 aliphatic rings. The molecule has 2 N–H and O–H groups in total. The molecule has 1 aromatic rings. The maximum absolute atomic E-state index is 11.8. The summed E-state index contributed by atoms with van der Waals surface area (Å²) in [6.07, 6.45) is 0. The van der Waals surface area contributed by atoms with Crippen LogP contribution in [0.15, 0.2) is 27.1 Å². The van der Waals surface area contributed by atoms with Crippen LogP contribution in [0, 0.1) is 0 Å². The van der Waals surface area contributed by atoms with Crippen LogP contribution in [-0.4, -0.2) is 31.2 Å². The van der Waals surface area contributed by atoms with Crippen LogP contribution in [-0.2, 0) is 9.53 Å². The van der Waals surface area contributed by atoms with Crippen molar-refractivity contribution in [2.45, 2.75) is 12.5 Å². The number of amides is 1. The molecule has 0 unspecified atom stereocenters. The van der Waals surface area contributed by atoms with E-state index in [1.807, 2.05) is 25.1 Å². The van der Waals surface area contributed by atoms with Crippen LogP contribution >= 0.6 is 31.9 Å². The van der Waals surface area contributed by atoms with E-state index in [1.54, 1.807) is 0 Å². The molecule has 1 aliphatic heterocycles. The fourth-order valence-electron chi connectivity index (χ4n) is 1.60. The molecular formula is C12H14Br2N2O2. The van der Waals surface area contributed by atoms with Gasteiger partial charge in [-0.05, 0) is 41.1 Å². The molecule has 2 rings (SSSR count). The third kappa shape index (κ3) is 3.54. The Kier molecular flexibility index (Phi) is 4.42. The topological polar surface area (TPSA) is 50.4 Å². The van der Waals surface area contributed by atoms with Crippen LogP contribution in [0.3, 0.4) is 0 Å². The molecule has 6 heteroatoms. The zero-order valence-corrected chi connectivity index (χ0v) is 13.1. The Morgan fingerprint density at radius 1 is 1.50 bits per heavy atom. The lowest BCUT2D eigenvalue weighted by atomic mass is 10.0. The maximum atomic E-state index is 11.8. The molecule has 0 bridgehead atoms. The van der Waals surface area contributed by atoms with Gasteiger partial charge in [0.25, 0.3) is 0 Å². The molecule has 1 amide bonds.